The van der Waals surface area contributed by atoms with Crippen LogP contribution in [0.2, 0.25) is 0 Å². The number of anilines is 2. The molecule has 19 heavy (non-hydrogen) atoms. The predicted octanol–water partition coefficient (Wildman–Crippen LogP) is -0.0949. The molecule has 0 radical (unpaired) electrons. The molecule has 0 atom stereocenters. The highest BCUT2D eigenvalue weighted by molar-refractivity contribution is 5.81. The molecule has 0 aliphatic heterocycles. The van der Waals surface area contributed by atoms with Gasteiger partial charge in [0.1, 0.15) is 0 Å². The third-order valence-electron chi connectivity index (χ3n) is 2.83. The highest BCUT2D eigenvalue weighted by Crippen LogP contribution is 2.15. The van der Waals surface area contributed by atoms with Crippen molar-refractivity contribution in [3.8, 4) is 0 Å². The second-order valence-corrected chi connectivity index (χ2v) is 4.04. The second-order valence-electron chi connectivity index (χ2n) is 4.04. The molecule has 8 nitrogen and oxygen atoms in total. The van der Waals surface area contributed by atoms with E-state index in [0.29, 0.717) is 23.8 Å². The van der Waals surface area contributed by atoms with Crippen molar-refractivity contribution in [3.63, 3.8) is 0 Å². The van der Waals surface area contributed by atoms with Gasteiger partial charge in [0.15, 0.2) is 17.3 Å². The fourth-order valence-electron chi connectivity index (χ4n) is 1.59. The van der Waals surface area contributed by atoms with Crippen LogP contribution >= 0.6 is 0 Å². The van der Waals surface area contributed by atoms with Crippen LogP contribution in [-0.4, -0.2) is 45.3 Å². The molecule has 0 spiro atoms. The van der Waals surface area contributed by atoms with Crippen molar-refractivity contribution in [1.82, 2.24) is 19.3 Å². The van der Waals surface area contributed by atoms with Gasteiger partial charge in [-0.3, -0.25) is 4.79 Å². The number of rotatable bonds is 5. The van der Waals surface area contributed by atoms with Gasteiger partial charge in [-0.25, -0.2) is 15.8 Å². The Morgan fingerprint density at radius 1 is 1.58 bits per heavy atom. The first-order valence-corrected chi connectivity index (χ1v) is 5.94. The van der Waals surface area contributed by atoms with Gasteiger partial charge in [0.05, 0.1) is 12.7 Å². The molecule has 0 aliphatic carbocycles. The Labute approximate surface area is 110 Å². The Morgan fingerprint density at radius 2 is 2.37 bits per heavy atom. The van der Waals surface area contributed by atoms with Gasteiger partial charge in [-0.1, -0.05) is 0 Å². The number of hydrazine groups is 1. The monoisotopic (exact) mass is 263 g/mol. The van der Waals surface area contributed by atoms with E-state index < -0.39 is 0 Å². The van der Waals surface area contributed by atoms with Crippen LogP contribution in [0.3, 0.4) is 0 Å². The third-order valence-corrected chi connectivity index (χ3v) is 2.83. The number of nitrogen functional groups attached to an aromatic ring is 1. The summed E-state index contributed by atoms with van der Waals surface area (Å²) in [5.41, 5.74) is 3.12. The standard InChI is InChI=1S/C11H17N7O/c1-3-17(2)9(19)6-14-10-11-13-4-5-18(11)7-8(15-10)16-12/h4-5,7,16H,3,6,12H2,1-2H3,(H,14,15). The number of likely N-dealkylation sites (N-methyl/N-ethyl adjacent to an activating group) is 1. The summed E-state index contributed by atoms with van der Waals surface area (Å²) in [5, 5.41) is 2.98. The van der Waals surface area contributed by atoms with Gasteiger partial charge in [-0.15, -0.1) is 0 Å². The number of hydrogen-bond donors (Lipinski definition) is 3. The largest absolute Gasteiger partial charge is 0.358 e. The van der Waals surface area contributed by atoms with Gasteiger partial charge < -0.3 is 20.0 Å². The van der Waals surface area contributed by atoms with Crippen LogP contribution in [0.1, 0.15) is 6.92 Å². The lowest BCUT2D eigenvalue weighted by molar-refractivity contribution is -0.127. The number of carbonyl (C=O) groups is 1. The van der Waals surface area contributed by atoms with Crippen LogP contribution in [0.15, 0.2) is 18.6 Å². The molecule has 0 saturated carbocycles. The van der Waals surface area contributed by atoms with Gasteiger partial charge in [-0.05, 0) is 6.92 Å². The number of aromatic nitrogens is 3. The van der Waals surface area contributed by atoms with Crippen LogP contribution in [0.25, 0.3) is 5.65 Å². The molecule has 0 aliphatic rings. The fourth-order valence-corrected chi connectivity index (χ4v) is 1.59. The summed E-state index contributed by atoms with van der Waals surface area (Å²) in [6.07, 6.45) is 5.15. The third kappa shape index (κ3) is 2.74. The van der Waals surface area contributed by atoms with Gasteiger partial charge in [0, 0.05) is 26.0 Å². The average molecular weight is 263 g/mol. The zero-order valence-corrected chi connectivity index (χ0v) is 10.9. The number of amides is 1. The quantitative estimate of drug-likeness (QED) is 0.514. The number of imidazole rings is 1. The van der Waals surface area contributed by atoms with Gasteiger partial charge in [-0.2, -0.15) is 0 Å². The predicted molar refractivity (Wildman–Crippen MR) is 72.6 cm³/mol. The second kappa shape index (κ2) is 5.53. The van der Waals surface area contributed by atoms with E-state index in [1.807, 2.05) is 6.92 Å². The summed E-state index contributed by atoms with van der Waals surface area (Å²) in [4.78, 5) is 21.8. The number of nitrogens with one attached hydrogen (secondary N) is 2. The molecule has 2 aromatic rings. The van der Waals surface area contributed by atoms with Crippen molar-refractivity contribution in [2.45, 2.75) is 6.92 Å². The maximum atomic E-state index is 11.7. The first-order chi connectivity index (χ1) is 9.15. The SMILES string of the molecule is CCN(C)C(=O)CNc1nc(NN)cn2ccnc12. The van der Waals surface area contributed by atoms with E-state index in [0.717, 1.165) is 0 Å². The molecule has 8 heteroatoms. The first kappa shape index (κ1) is 13.1. The van der Waals surface area contributed by atoms with E-state index in [2.05, 4.69) is 20.7 Å². The Balaban J connectivity index is 2.19. The minimum atomic E-state index is -0.0138. The Hall–Kier alpha value is -2.35. The molecular formula is C11H17N7O. The summed E-state index contributed by atoms with van der Waals surface area (Å²) >= 11 is 0. The van der Waals surface area contributed by atoms with Gasteiger partial charge in [0.25, 0.3) is 0 Å². The van der Waals surface area contributed by atoms with Crippen molar-refractivity contribution in [1.29, 1.82) is 0 Å². The van der Waals surface area contributed by atoms with E-state index in [4.69, 9.17) is 5.84 Å². The Bertz CT molecular complexity index is 579. The van der Waals surface area contributed by atoms with Crippen LogP contribution in [0.5, 0.6) is 0 Å². The van der Waals surface area contributed by atoms with Gasteiger partial charge in [0.2, 0.25) is 5.91 Å². The fraction of sp³-hybridized carbons (Fsp3) is 0.364. The van der Waals surface area contributed by atoms with Crippen LogP contribution < -0.4 is 16.6 Å². The van der Waals surface area contributed by atoms with Crippen molar-refractivity contribution in [2.75, 3.05) is 30.9 Å². The van der Waals surface area contributed by atoms with E-state index in [9.17, 15) is 4.79 Å². The highest BCUT2D eigenvalue weighted by atomic mass is 16.2. The molecule has 102 valence electrons. The van der Waals surface area contributed by atoms with Gasteiger partial charge >= 0.3 is 0 Å². The molecular weight excluding hydrogens is 246 g/mol. The highest BCUT2D eigenvalue weighted by Gasteiger charge is 2.10. The van der Waals surface area contributed by atoms with E-state index in [1.165, 1.54) is 0 Å². The van der Waals surface area contributed by atoms with Crippen molar-refractivity contribution < 1.29 is 4.79 Å². The summed E-state index contributed by atoms with van der Waals surface area (Å²) in [6, 6.07) is 0. The molecule has 2 heterocycles. The van der Waals surface area contributed by atoms with Crippen molar-refractivity contribution in [2.24, 2.45) is 5.84 Å². The molecule has 0 unspecified atom stereocenters. The molecule has 0 aromatic carbocycles. The smallest absolute Gasteiger partial charge is 0.241 e. The van der Waals surface area contributed by atoms with E-state index in [-0.39, 0.29) is 12.5 Å². The Morgan fingerprint density at radius 3 is 3.05 bits per heavy atom. The molecule has 2 aromatic heterocycles. The van der Waals surface area contributed by atoms with Crippen molar-refractivity contribution >= 4 is 23.2 Å². The maximum Gasteiger partial charge on any atom is 0.241 e. The number of carbonyl (C=O) groups excluding carboxylic acids is 1. The lowest BCUT2D eigenvalue weighted by Crippen LogP contribution is -2.32. The van der Waals surface area contributed by atoms with Crippen LogP contribution in [0.4, 0.5) is 11.6 Å². The van der Waals surface area contributed by atoms with E-state index in [1.54, 1.807) is 34.9 Å². The minimum Gasteiger partial charge on any atom is -0.358 e. The number of nitrogens with zero attached hydrogens (tertiary/aromatic N) is 4. The topological polar surface area (TPSA) is 101 Å². The lowest BCUT2D eigenvalue weighted by Gasteiger charge is -2.15. The maximum absolute atomic E-state index is 11.7. The number of nitrogens with two attached hydrogens (primary N) is 1. The normalized spacial score (nSPS) is 10.5. The molecule has 0 bridgehead atoms. The molecule has 2 rings (SSSR count). The van der Waals surface area contributed by atoms with E-state index >= 15 is 0 Å². The number of fused-ring (bicyclic) bond motifs is 1. The van der Waals surface area contributed by atoms with Crippen molar-refractivity contribution in [3.05, 3.63) is 18.6 Å². The summed E-state index contributed by atoms with van der Waals surface area (Å²) in [5.74, 6) is 6.34. The number of hydrogen-bond acceptors (Lipinski definition) is 6. The Kier molecular flexibility index (Phi) is 3.81. The summed E-state index contributed by atoms with van der Waals surface area (Å²) in [7, 11) is 1.75. The average Bonchev–Trinajstić information content (AvgIpc) is 2.91. The summed E-state index contributed by atoms with van der Waals surface area (Å²) < 4.78 is 1.78. The lowest BCUT2D eigenvalue weighted by atomic mass is 10.4. The van der Waals surface area contributed by atoms with Crippen LogP contribution in [-0.2, 0) is 4.79 Å². The molecule has 4 N–H and O–H groups in total. The molecule has 0 saturated heterocycles. The minimum absolute atomic E-state index is 0.0138. The zero-order valence-electron chi connectivity index (χ0n) is 10.9. The molecule has 1 amide bonds. The first-order valence-electron chi connectivity index (χ1n) is 5.94. The zero-order chi connectivity index (χ0) is 13.8. The summed E-state index contributed by atoms with van der Waals surface area (Å²) in [6.45, 7) is 2.74. The molecule has 0 fully saturated rings. The van der Waals surface area contributed by atoms with Crippen LogP contribution in [0, 0.1) is 0 Å².